The van der Waals surface area contributed by atoms with Crippen LogP contribution < -0.4 is 11.1 Å². The predicted octanol–water partition coefficient (Wildman–Crippen LogP) is 2.75. The highest BCUT2D eigenvalue weighted by molar-refractivity contribution is 7.10. The lowest BCUT2D eigenvalue weighted by Crippen LogP contribution is -2.40. The molecule has 0 saturated heterocycles. The molecule has 0 bridgehead atoms. The molecular weight excluding hydrogens is 320 g/mol. The van der Waals surface area contributed by atoms with E-state index >= 15 is 0 Å². The zero-order chi connectivity index (χ0) is 17.5. The van der Waals surface area contributed by atoms with Gasteiger partial charge >= 0.3 is 0 Å². The van der Waals surface area contributed by atoms with Gasteiger partial charge in [0.2, 0.25) is 5.91 Å². The number of rotatable bonds is 7. The fourth-order valence-corrected chi connectivity index (χ4v) is 3.81. The molecule has 0 fully saturated rings. The molecular formula is C18H30N4OS. The van der Waals surface area contributed by atoms with Gasteiger partial charge in [-0.2, -0.15) is 0 Å². The second-order valence-corrected chi connectivity index (χ2v) is 8.01. The van der Waals surface area contributed by atoms with Crippen molar-refractivity contribution in [3.8, 4) is 0 Å². The Labute approximate surface area is 149 Å². The maximum Gasteiger partial charge on any atom is 0.244 e. The van der Waals surface area contributed by atoms with Crippen molar-refractivity contribution in [2.24, 2.45) is 16.6 Å². The third-order valence-electron chi connectivity index (χ3n) is 4.36. The van der Waals surface area contributed by atoms with Crippen molar-refractivity contribution >= 4 is 23.2 Å². The Morgan fingerprint density at radius 2 is 2.21 bits per heavy atom. The van der Waals surface area contributed by atoms with Crippen LogP contribution in [0.1, 0.15) is 50.5 Å². The van der Waals surface area contributed by atoms with E-state index in [4.69, 9.17) is 5.73 Å². The third kappa shape index (κ3) is 5.82. The van der Waals surface area contributed by atoms with Crippen LogP contribution in [0.2, 0.25) is 0 Å². The molecule has 5 nitrogen and oxygen atoms in total. The number of guanidine groups is 1. The van der Waals surface area contributed by atoms with Gasteiger partial charge in [-0.1, -0.05) is 26.7 Å². The van der Waals surface area contributed by atoms with Crippen molar-refractivity contribution in [3.63, 3.8) is 0 Å². The van der Waals surface area contributed by atoms with Gasteiger partial charge in [0, 0.05) is 24.0 Å². The van der Waals surface area contributed by atoms with E-state index in [-0.39, 0.29) is 18.5 Å². The highest BCUT2D eigenvalue weighted by Gasteiger charge is 2.21. The number of hydrogen-bond acceptors (Lipinski definition) is 3. The SMILES string of the molecule is CC(C)CCCC(C)NC(N)=NCC(=O)N1CCc2sccc2C1. The van der Waals surface area contributed by atoms with Gasteiger partial charge in [0.15, 0.2) is 5.96 Å². The highest BCUT2D eigenvalue weighted by atomic mass is 32.1. The highest BCUT2D eigenvalue weighted by Crippen LogP contribution is 2.23. The third-order valence-corrected chi connectivity index (χ3v) is 5.38. The summed E-state index contributed by atoms with van der Waals surface area (Å²) in [7, 11) is 0. The number of nitrogens with one attached hydrogen (secondary N) is 1. The minimum absolute atomic E-state index is 0.0454. The van der Waals surface area contributed by atoms with Gasteiger partial charge in [0.1, 0.15) is 6.54 Å². The largest absolute Gasteiger partial charge is 0.370 e. The molecule has 1 amide bonds. The number of carbonyl (C=O) groups excluding carboxylic acids is 1. The number of carbonyl (C=O) groups is 1. The van der Waals surface area contributed by atoms with Crippen molar-refractivity contribution in [2.45, 2.75) is 59.0 Å². The standard InChI is InChI=1S/C18H30N4OS/c1-13(2)5-4-6-14(3)21-18(19)20-11-17(23)22-9-7-16-15(12-22)8-10-24-16/h8,10,13-14H,4-7,9,11-12H2,1-3H3,(H3,19,20,21). The second-order valence-electron chi connectivity index (χ2n) is 7.01. The van der Waals surface area contributed by atoms with Crippen LogP contribution in [0.15, 0.2) is 16.4 Å². The molecule has 1 aromatic heterocycles. The molecule has 0 radical (unpaired) electrons. The fourth-order valence-electron chi connectivity index (χ4n) is 2.92. The topological polar surface area (TPSA) is 70.7 Å². The van der Waals surface area contributed by atoms with Crippen molar-refractivity contribution in [1.29, 1.82) is 0 Å². The lowest BCUT2D eigenvalue weighted by molar-refractivity contribution is -0.130. The Kier molecular flexibility index (Phi) is 7.09. The summed E-state index contributed by atoms with van der Waals surface area (Å²) in [5.41, 5.74) is 7.19. The van der Waals surface area contributed by atoms with Crippen molar-refractivity contribution < 1.29 is 4.79 Å². The molecule has 0 aliphatic carbocycles. The first-order valence-corrected chi connectivity index (χ1v) is 9.73. The lowest BCUT2D eigenvalue weighted by Gasteiger charge is -2.26. The zero-order valence-electron chi connectivity index (χ0n) is 15.0. The van der Waals surface area contributed by atoms with Crippen LogP contribution in [0.25, 0.3) is 0 Å². The van der Waals surface area contributed by atoms with Gasteiger partial charge in [-0.3, -0.25) is 4.79 Å². The first-order chi connectivity index (χ1) is 11.5. The average molecular weight is 351 g/mol. The average Bonchev–Trinajstić information content (AvgIpc) is 2.99. The lowest BCUT2D eigenvalue weighted by atomic mass is 10.0. The van der Waals surface area contributed by atoms with E-state index in [1.807, 2.05) is 4.90 Å². The van der Waals surface area contributed by atoms with Gasteiger partial charge in [0.05, 0.1) is 0 Å². The fraction of sp³-hybridized carbons (Fsp3) is 0.667. The van der Waals surface area contributed by atoms with E-state index in [0.717, 1.165) is 25.3 Å². The number of amides is 1. The van der Waals surface area contributed by atoms with E-state index in [1.54, 1.807) is 11.3 Å². The Hall–Kier alpha value is -1.56. The van der Waals surface area contributed by atoms with Crippen LogP contribution >= 0.6 is 11.3 Å². The van der Waals surface area contributed by atoms with Gasteiger partial charge in [0.25, 0.3) is 0 Å². The minimum atomic E-state index is 0.0454. The number of nitrogens with two attached hydrogens (primary N) is 1. The molecule has 0 saturated carbocycles. The minimum Gasteiger partial charge on any atom is -0.370 e. The summed E-state index contributed by atoms with van der Waals surface area (Å²) >= 11 is 1.78. The molecule has 1 aliphatic rings. The predicted molar refractivity (Wildman–Crippen MR) is 101 cm³/mol. The van der Waals surface area contributed by atoms with Crippen LogP contribution in [0.4, 0.5) is 0 Å². The van der Waals surface area contributed by atoms with E-state index in [9.17, 15) is 4.79 Å². The van der Waals surface area contributed by atoms with Crippen molar-refractivity contribution in [3.05, 3.63) is 21.9 Å². The second kappa shape index (κ2) is 9.06. The summed E-state index contributed by atoms with van der Waals surface area (Å²) in [4.78, 5) is 19.8. The summed E-state index contributed by atoms with van der Waals surface area (Å²) in [6, 6.07) is 2.39. The summed E-state index contributed by atoms with van der Waals surface area (Å²) < 4.78 is 0. The van der Waals surface area contributed by atoms with Crippen LogP contribution in [-0.2, 0) is 17.8 Å². The van der Waals surface area contributed by atoms with E-state index in [2.05, 4.69) is 42.5 Å². The molecule has 1 aliphatic heterocycles. The van der Waals surface area contributed by atoms with Crippen LogP contribution in [-0.4, -0.2) is 35.9 Å². The number of aliphatic imine (C=N–C) groups is 1. The molecule has 3 N–H and O–H groups in total. The Balaban J connectivity index is 1.73. The monoisotopic (exact) mass is 350 g/mol. The van der Waals surface area contributed by atoms with Crippen LogP contribution in [0.5, 0.6) is 0 Å². The molecule has 0 spiro atoms. The zero-order valence-corrected chi connectivity index (χ0v) is 15.9. The van der Waals surface area contributed by atoms with Gasteiger partial charge in [-0.15, -0.1) is 11.3 Å². The van der Waals surface area contributed by atoms with Gasteiger partial charge < -0.3 is 16.0 Å². The molecule has 2 heterocycles. The van der Waals surface area contributed by atoms with Crippen molar-refractivity contribution in [1.82, 2.24) is 10.2 Å². The smallest absolute Gasteiger partial charge is 0.244 e. The Bertz CT molecular complexity index is 567. The Morgan fingerprint density at radius 3 is 2.96 bits per heavy atom. The molecule has 0 aromatic carbocycles. The van der Waals surface area contributed by atoms with Gasteiger partial charge in [-0.05, 0) is 42.7 Å². The summed E-state index contributed by atoms with van der Waals surface area (Å²) in [6.07, 6.45) is 4.41. The normalized spacial score (nSPS) is 16.2. The first-order valence-electron chi connectivity index (χ1n) is 8.85. The summed E-state index contributed by atoms with van der Waals surface area (Å²) in [6.45, 7) is 8.18. The molecule has 1 atom stereocenters. The first kappa shape index (κ1) is 18.8. The van der Waals surface area contributed by atoms with Crippen LogP contribution in [0, 0.1) is 5.92 Å². The molecule has 2 rings (SSSR count). The summed E-state index contributed by atoms with van der Waals surface area (Å²) in [5.74, 6) is 1.15. The quantitative estimate of drug-likeness (QED) is 0.587. The number of thiophene rings is 1. The number of fused-ring (bicyclic) bond motifs is 1. The van der Waals surface area contributed by atoms with Gasteiger partial charge in [-0.25, -0.2) is 4.99 Å². The van der Waals surface area contributed by atoms with E-state index in [1.165, 1.54) is 23.3 Å². The van der Waals surface area contributed by atoms with E-state index in [0.29, 0.717) is 12.5 Å². The molecule has 6 heteroatoms. The van der Waals surface area contributed by atoms with E-state index < -0.39 is 0 Å². The maximum absolute atomic E-state index is 12.3. The van der Waals surface area contributed by atoms with Crippen molar-refractivity contribution in [2.75, 3.05) is 13.1 Å². The number of nitrogens with zero attached hydrogens (tertiary/aromatic N) is 2. The number of hydrogen-bond donors (Lipinski definition) is 2. The Morgan fingerprint density at radius 1 is 1.42 bits per heavy atom. The molecule has 134 valence electrons. The molecule has 1 aromatic rings. The van der Waals surface area contributed by atoms with Crippen LogP contribution in [0.3, 0.4) is 0 Å². The summed E-state index contributed by atoms with van der Waals surface area (Å²) in [5, 5.41) is 5.28. The maximum atomic E-state index is 12.3. The molecule has 24 heavy (non-hydrogen) atoms. The molecule has 1 unspecified atom stereocenters.